The van der Waals surface area contributed by atoms with Crippen molar-refractivity contribution >= 4 is 6.21 Å². The van der Waals surface area contributed by atoms with E-state index in [4.69, 9.17) is 4.99 Å². The summed E-state index contributed by atoms with van der Waals surface area (Å²) in [6, 6.07) is 6.33. The Balaban J connectivity index is 1.75. The number of para-hydroxylation sites is 1. The van der Waals surface area contributed by atoms with Crippen molar-refractivity contribution in [1.82, 2.24) is 0 Å². The van der Waals surface area contributed by atoms with Crippen LogP contribution in [0.25, 0.3) is 0 Å². The van der Waals surface area contributed by atoms with Crippen LogP contribution in [0.2, 0.25) is 0 Å². The summed E-state index contributed by atoms with van der Waals surface area (Å²) in [6.07, 6.45) is 7.20. The fraction of sp³-hybridized carbons (Fsp3) is 0.533. The number of hydrogen-bond donors (Lipinski definition) is 1. The molecular formula is C15H19NO. The largest absolute Gasteiger partial charge is 0.507 e. The van der Waals surface area contributed by atoms with Crippen LogP contribution in [0.3, 0.4) is 0 Å². The van der Waals surface area contributed by atoms with Gasteiger partial charge in [0.2, 0.25) is 0 Å². The molecule has 0 saturated heterocycles. The Hall–Kier alpha value is -1.31. The standard InChI is InChI=1S/C15H19NO/c1-10-4-2-6-12(15(10)17)9-16-14-7-3-5-11-8-13(11)14/h2,4,6,9,11,13-14,17H,3,5,7-8H2,1H3. The number of phenols is 1. The van der Waals surface area contributed by atoms with E-state index in [0.717, 1.165) is 23.0 Å². The van der Waals surface area contributed by atoms with Crippen LogP contribution < -0.4 is 0 Å². The van der Waals surface area contributed by atoms with Gasteiger partial charge in [0.15, 0.2) is 0 Å². The molecule has 0 amide bonds. The molecule has 3 unspecified atom stereocenters. The fourth-order valence-electron chi connectivity index (χ4n) is 3.02. The zero-order valence-electron chi connectivity index (χ0n) is 10.3. The summed E-state index contributed by atoms with van der Waals surface area (Å²) in [7, 11) is 0. The van der Waals surface area contributed by atoms with Gasteiger partial charge in [-0.2, -0.15) is 0 Å². The average Bonchev–Trinajstić information content (AvgIpc) is 3.10. The molecule has 2 heteroatoms. The lowest BCUT2D eigenvalue weighted by atomic mass is 9.96. The average molecular weight is 229 g/mol. The number of benzene rings is 1. The van der Waals surface area contributed by atoms with E-state index in [1.807, 2.05) is 31.3 Å². The second-order valence-electron chi connectivity index (χ2n) is 5.45. The molecule has 2 fully saturated rings. The smallest absolute Gasteiger partial charge is 0.127 e. The molecule has 0 aliphatic heterocycles. The van der Waals surface area contributed by atoms with Crippen molar-refractivity contribution in [2.24, 2.45) is 16.8 Å². The first kappa shape index (κ1) is 10.8. The van der Waals surface area contributed by atoms with Crippen molar-refractivity contribution in [3.63, 3.8) is 0 Å². The van der Waals surface area contributed by atoms with Crippen LogP contribution in [0, 0.1) is 18.8 Å². The van der Waals surface area contributed by atoms with Gasteiger partial charge in [-0.15, -0.1) is 0 Å². The third-order valence-corrected chi connectivity index (χ3v) is 4.22. The zero-order valence-corrected chi connectivity index (χ0v) is 10.3. The molecule has 3 atom stereocenters. The minimum absolute atomic E-state index is 0.374. The van der Waals surface area contributed by atoms with Gasteiger partial charge in [0.1, 0.15) is 5.75 Å². The first-order valence-electron chi connectivity index (χ1n) is 6.57. The van der Waals surface area contributed by atoms with Crippen molar-refractivity contribution in [3.8, 4) is 5.75 Å². The highest BCUT2D eigenvalue weighted by Gasteiger charge is 2.44. The lowest BCUT2D eigenvalue weighted by molar-refractivity contribution is 0.421. The highest BCUT2D eigenvalue weighted by atomic mass is 16.3. The third kappa shape index (κ3) is 2.08. The summed E-state index contributed by atoms with van der Waals surface area (Å²) in [6.45, 7) is 1.92. The second-order valence-corrected chi connectivity index (χ2v) is 5.45. The van der Waals surface area contributed by atoms with Crippen LogP contribution in [-0.2, 0) is 0 Å². The van der Waals surface area contributed by atoms with Crippen molar-refractivity contribution < 1.29 is 5.11 Å². The molecule has 0 spiro atoms. The van der Waals surface area contributed by atoms with Gasteiger partial charge in [-0.3, -0.25) is 4.99 Å². The maximum atomic E-state index is 9.91. The van der Waals surface area contributed by atoms with Crippen LogP contribution in [0.1, 0.15) is 36.8 Å². The Morgan fingerprint density at radius 2 is 2.24 bits per heavy atom. The predicted octanol–water partition coefficient (Wildman–Crippen LogP) is 3.31. The Labute approximate surface area is 102 Å². The summed E-state index contributed by atoms with van der Waals surface area (Å²) in [4.78, 5) is 4.69. The number of rotatable bonds is 2. The molecule has 17 heavy (non-hydrogen) atoms. The summed E-state index contributed by atoms with van der Waals surface area (Å²) in [5, 5.41) is 9.91. The van der Waals surface area contributed by atoms with Crippen LogP contribution in [0.5, 0.6) is 5.75 Å². The lowest BCUT2D eigenvalue weighted by Gasteiger charge is -2.16. The zero-order chi connectivity index (χ0) is 11.8. The van der Waals surface area contributed by atoms with Crippen molar-refractivity contribution in [2.75, 3.05) is 0 Å². The highest BCUT2D eigenvalue weighted by molar-refractivity contribution is 5.84. The maximum Gasteiger partial charge on any atom is 0.127 e. The van der Waals surface area contributed by atoms with Gasteiger partial charge in [-0.1, -0.05) is 25.0 Å². The van der Waals surface area contributed by atoms with Gasteiger partial charge >= 0.3 is 0 Å². The van der Waals surface area contributed by atoms with E-state index in [2.05, 4.69) is 0 Å². The molecule has 0 bridgehead atoms. The van der Waals surface area contributed by atoms with E-state index in [1.54, 1.807) is 0 Å². The maximum absolute atomic E-state index is 9.91. The van der Waals surface area contributed by atoms with Gasteiger partial charge in [0, 0.05) is 11.8 Å². The number of hydrogen-bond acceptors (Lipinski definition) is 2. The Morgan fingerprint density at radius 1 is 1.35 bits per heavy atom. The topological polar surface area (TPSA) is 32.6 Å². The molecule has 0 radical (unpaired) electrons. The molecule has 1 aromatic rings. The van der Waals surface area contributed by atoms with E-state index in [0.29, 0.717) is 11.8 Å². The molecular weight excluding hydrogens is 210 g/mol. The van der Waals surface area contributed by atoms with Gasteiger partial charge < -0.3 is 5.11 Å². The third-order valence-electron chi connectivity index (χ3n) is 4.22. The summed E-state index contributed by atoms with van der Waals surface area (Å²) in [5.41, 5.74) is 1.77. The lowest BCUT2D eigenvalue weighted by Crippen LogP contribution is -2.13. The number of phenolic OH excluding ortho intramolecular Hbond substituents is 1. The Kier molecular flexibility index (Phi) is 2.65. The molecule has 2 saturated carbocycles. The minimum atomic E-state index is 0.374. The van der Waals surface area contributed by atoms with Gasteiger partial charge in [-0.25, -0.2) is 0 Å². The van der Waals surface area contributed by atoms with Crippen molar-refractivity contribution in [2.45, 2.75) is 38.6 Å². The molecule has 1 aromatic carbocycles. The van der Waals surface area contributed by atoms with Crippen LogP contribution in [0.4, 0.5) is 0 Å². The van der Waals surface area contributed by atoms with Crippen LogP contribution >= 0.6 is 0 Å². The molecule has 3 rings (SSSR count). The highest BCUT2D eigenvalue weighted by Crippen LogP contribution is 2.50. The van der Waals surface area contributed by atoms with Crippen LogP contribution in [0.15, 0.2) is 23.2 Å². The first-order chi connectivity index (χ1) is 8.25. The number of aryl methyl sites for hydroxylation is 1. The number of fused-ring (bicyclic) bond motifs is 1. The number of nitrogens with zero attached hydrogens (tertiary/aromatic N) is 1. The van der Waals surface area contributed by atoms with E-state index in [-0.39, 0.29) is 0 Å². The second kappa shape index (κ2) is 4.17. The SMILES string of the molecule is Cc1cccc(C=NC2CCCC3CC32)c1O. The number of aliphatic imine (C=N–C) groups is 1. The molecule has 2 aliphatic carbocycles. The quantitative estimate of drug-likeness (QED) is 0.775. The minimum Gasteiger partial charge on any atom is -0.507 e. The molecule has 90 valence electrons. The predicted molar refractivity (Wildman–Crippen MR) is 69.7 cm³/mol. The van der Waals surface area contributed by atoms with E-state index >= 15 is 0 Å². The summed E-state index contributed by atoms with van der Waals surface area (Å²) in [5.74, 6) is 2.17. The summed E-state index contributed by atoms with van der Waals surface area (Å²) < 4.78 is 0. The van der Waals surface area contributed by atoms with Crippen molar-refractivity contribution in [1.29, 1.82) is 0 Å². The molecule has 1 N–H and O–H groups in total. The fourth-order valence-corrected chi connectivity index (χ4v) is 3.02. The Bertz CT molecular complexity index is 452. The van der Waals surface area contributed by atoms with Gasteiger partial charge in [-0.05, 0) is 43.2 Å². The normalized spacial score (nSPS) is 31.5. The molecule has 0 heterocycles. The van der Waals surface area contributed by atoms with E-state index in [1.165, 1.54) is 25.7 Å². The first-order valence-corrected chi connectivity index (χ1v) is 6.57. The van der Waals surface area contributed by atoms with Crippen molar-refractivity contribution in [3.05, 3.63) is 29.3 Å². The molecule has 0 aromatic heterocycles. The molecule has 2 aliphatic rings. The van der Waals surface area contributed by atoms with E-state index < -0.39 is 0 Å². The van der Waals surface area contributed by atoms with E-state index in [9.17, 15) is 5.11 Å². The Morgan fingerprint density at radius 3 is 3.12 bits per heavy atom. The monoisotopic (exact) mass is 229 g/mol. The van der Waals surface area contributed by atoms with Gasteiger partial charge in [0.25, 0.3) is 0 Å². The van der Waals surface area contributed by atoms with Gasteiger partial charge in [0.05, 0.1) is 6.04 Å². The number of aromatic hydroxyl groups is 1. The summed E-state index contributed by atoms with van der Waals surface area (Å²) >= 11 is 0. The van der Waals surface area contributed by atoms with Crippen LogP contribution in [-0.4, -0.2) is 17.4 Å². The molecule has 2 nitrogen and oxygen atoms in total.